The Bertz CT molecular complexity index is 1090. The summed E-state index contributed by atoms with van der Waals surface area (Å²) in [7, 11) is 0. The molecule has 1 aliphatic heterocycles. The van der Waals surface area contributed by atoms with Gasteiger partial charge in [-0.3, -0.25) is 9.59 Å². The van der Waals surface area contributed by atoms with Crippen molar-refractivity contribution in [3.8, 4) is 0 Å². The number of anilines is 1. The molecular formula is C23H25F2N5O2. The molecule has 9 heteroatoms. The molecule has 0 spiro atoms. The summed E-state index contributed by atoms with van der Waals surface area (Å²) < 4.78 is 27.7. The molecule has 168 valence electrons. The third kappa shape index (κ3) is 4.47. The fourth-order valence-electron chi connectivity index (χ4n) is 4.15. The monoisotopic (exact) mass is 441 g/mol. The van der Waals surface area contributed by atoms with Gasteiger partial charge in [0.15, 0.2) is 11.6 Å². The van der Waals surface area contributed by atoms with Gasteiger partial charge in [-0.15, -0.1) is 0 Å². The van der Waals surface area contributed by atoms with Gasteiger partial charge < -0.3 is 21.7 Å². The number of fused-ring (bicyclic) bond motifs is 1. The molecule has 3 unspecified atom stereocenters. The topological polar surface area (TPSA) is 109 Å². The van der Waals surface area contributed by atoms with E-state index in [0.717, 1.165) is 23.7 Å². The third-order valence-electron chi connectivity index (χ3n) is 5.85. The van der Waals surface area contributed by atoms with Crippen LogP contribution in [-0.4, -0.2) is 35.4 Å². The van der Waals surface area contributed by atoms with E-state index in [9.17, 15) is 18.4 Å². The van der Waals surface area contributed by atoms with Crippen molar-refractivity contribution in [2.75, 3.05) is 12.3 Å². The first-order valence-corrected chi connectivity index (χ1v) is 10.6. The first-order chi connectivity index (χ1) is 15.3. The SMILES string of the molecule is CC(NC(=O)C1C=C(c2cccc(F)c2F)CCN1)C(=O)NC1CCc2nc(N)ccc21. The highest BCUT2D eigenvalue weighted by atomic mass is 19.2. The van der Waals surface area contributed by atoms with Crippen molar-refractivity contribution in [1.82, 2.24) is 20.9 Å². The molecule has 0 bridgehead atoms. The van der Waals surface area contributed by atoms with Crippen molar-refractivity contribution in [3.63, 3.8) is 0 Å². The zero-order chi connectivity index (χ0) is 22.8. The number of carbonyl (C=O) groups is 2. The first kappa shape index (κ1) is 21.9. The molecule has 0 saturated heterocycles. The molecule has 4 rings (SSSR count). The van der Waals surface area contributed by atoms with Crippen LogP contribution in [0.15, 0.2) is 36.4 Å². The van der Waals surface area contributed by atoms with Gasteiger partial charge in [0.05, 0.1) is 6.04 Å². The van der Waals surface area contributed by atoms with Crippen molar-refractivity contribution >= 4 is 23.2 Å². The number of hydrogen-bond donors (Lipinski definition) is 4. The molecule has 1 aliphatic carbocycles. The van der Waals surface area contributed by atoms with Gasteiger partial charge in [0.2, 0.25) is 11.8 Å². The lowest BCUT2D eigenvalue weighted by atomic mass is 9.96. The van der Waals surface area contributed by atoms with Crippen LogP contribution in [-0.2, 0) is 16.0 Å². The summed E-state index contributed by atoms with van der Waals surface area (Å²) >= 11 is 0. The number of nitrogen functional groups attached to an aromatic ring is 1. The lowest BCUT2D eigenvalue weighted by molar-refractivity contribution is -0.129. The van der Waals surface area contributed by atoms with Gasteiger partial charge in [0, 0.05) is 17.8 Å². The largest absolute Gasteiger partial charge is 0.384 e. The van der Waals surface area contributed by atoms with Crippen molar-refractivity contribution in [1.29, 1.82) is 0 Å². The van der Waals surface area contributed by atoms with Gasteiger partial charge in [-0.1, -0.05) is 24.3 Å². The molecule has 2 amide bonds. The van der Waals surface area contributed by atoms with E-state index in [0.29, 0.717) is 30.8 Å². The molecule has 3 atom stereocenters. The summed E-state index contributed by atoms with van der Waals surface area (Å²) in [5, 5.41) is 8.67. The Kier molecular flexibility index (Phi) is 6.18. The van der Waals surface area contributed by atoms with E-state index in [2.05, 4.69) is 20.9 Å². The number of nitrogens with one attached hydrogen (secondary N) is 3. The second kappa shape index (κ2) is 9.04. The van der Waals surface area contributed by atoms with Gasteiger partial charge in [-0.25, -0.2) is 13.8 Å². The Morgan fingerprint density at radius 2 is 2.03 bits per heavy atom. The van der Waals surface area contributed by atoms with Crippen molar-refractivity contribution in [3.05, 3.63) is 64.9 Å². The van der Waals surface area contributed by atoms with Gasteiger partial charge in [-0.05, 0) is 49.5 Å². The number of amides is 2. The second-order valence-electron chi connectivity index (χ2n) is 8.08. The number of aryl methyl sites for hydroxylation is 1. The molecule has 1 aromatic carbocycles. The summed E-state index contributed by atoms with van der Waals surface area (Å²) in [6, 6.07) is 5.83. The second-order valence-corrected chi connectivity index (χ2v) is 8.08. The predicted octanol–water partition coefficient (Wildman–Crippen LogP) is 2.00. The summed E-state index contributed by atoms with van der Waals surface area (Å²) in [6.45, 7) is 2.03. The van der Waals surface area contributed by atoms with Gasteiger partial charge in [0.1, 0.15) is 17.9 Å². The predicted molar refractivity (Wildman–Crippen MR) is 116 cm³/mol. The van der Waals surface area contributed by atoms with Crippen LogP contribution < -0.4 is 21.7 Å². The summed E-state index contributed by atoms with van der Waals surface area (Å²) in [5.41, 5.74) is 8.22. The molecule has 0 radical (unpaired) electrons. The maximum atomic E-state index is 14.2. The van der Waals surface area contributed by atoms with Crippen LogP contribution >= 0.6 is 0 Å². The van der Waals surface area contributed by atoms with Crippen LogP contribution in [0.2, 0.25) is 0 Å². The Morgan fingerprint density at radius 1 is 1.22 bits per heavy atom. The van der Waals surface area contributed by atoms with E-state index in [1.807, 2.05) is 6.07 Å². The van der Waals surface area contributed by atoms with Gasteiger partial charge in [-0.2, -0.15) is 0 Å². The number of halogens is 2. The van der Waals surface area contributed by atoms with Gasteiger partial charge >= 0.3 is 0 Å². The minimum atomic E-state index is -0.931. The normalized spacial score (nSPS) is 20.8. The van der Waals surface area contributed by atoms with E-state index in [1.54, 1.807) is 19.1 Å². The highest BCUT2D eigenvalue weighted by Gasteiger charge is 2.29. The lowest BCUT2D eigenvalue weighted by Gasteiger charge is -2.25. The van der Waals surface area contributed by atoms with Crippen LogP contribution in [0.25, 0.3) is 5.57 Å². The van der Waals surface area contributed by atoms with Crippen LogP contribution in [0.1, 0.15) is 42.6 Å². The number of rotatable bonds is 5. The van der Waals surface area contributed by atoms with Crippen LogP contribution in [0.5, 0.6) is 0 Å². The summed E-state index contributed by atoms with van der Waals surface area (Å²) in [4.78, 5) is 29.7. The molecule has 2 aromatic rings. The smallest absolute Gasteiger partial charge is 0.242 e. The van der Waals surface area contributed by atoms with Crippen LogP contribution in [0.3, 0.4) is 0 Å². The first-order valence-electron chi connectivity index (χ1n) is 10.6. The van der Waals surface area contributed by atoms with E-state index in [4.69, 9.17) is 5.73 Å². The van der Waals surface area contributed by atoms with Crippen LogP contribution in [0, 0.1) is 11.6 Å². The molecule has 32 heavy (non-hydrogen) atoms. The molecule has 0 saturated carbocycles. The van der Waals surface area contributed by atoms with E-state index < -0.39 is 29.6 Å². The number of pyridine rings is 1. The maximum Gasteiger partial charge on any atom is 0.242 e. The molecular weight excluding hydrogens is 416 g/mol. The van der Waals surface area contributed by atoms with E-state index in [1.165, 1.54) is 12.1 Å². The summed E-state index contributed by atoms with van der Waals surface area (Å²) in [5.74, 6) is -2.14. The number of nitrogens with zero attached hydrogens (tertiary/aromatic N) is 1. The Labute approximate surface area is 184 Å². The fourth-order valence-corrected chi connectivity index (χ4v) is 4.15. The molecule has 7 nitrogen and oxygen atoms in total. The van der Waals surface area contributed by atoms with Crippen molar-refractivity contribution < 1.29 is 18.4 Å². The minimum absolute atomic E-state index is 0.143. The number of nitrogens with two attached hydrogens (primary N) is 1. The van der Waals surface area contributed by atoms with Crippen molar-refractivity contribution in [2.24, 2.45) is 0 Å². The Balaban J connectivity index is 1.39. The molecule has 5 N–H and O–H groups in total. The average molecular weight is 441 g/mol. The number of benzene rings is 1. The quantitative estimate of drug-likeness (QED) is 0.568. The minimum Gasteiger partial charge on any atom is -0.384 e. The highest BCUT2D eigenvalue weighted by molar-refractivity contribution is 5.92. The zero-order valence-electron chi connectivity index (χ0n) is 17.6. The Hall–Kier alpha value is -3.33. The number of carbonyl (C=O) groups excluding carboxylic acids is 2. The molecule has 2 aliphatic rings. The maximum absolute atomic E-state index is 14.2. The van der Waals surface area contributed by atoms with E-state index in [-0.39, 0.29) is 17.5 Å². The zero-order valence-corrected chi connectivity index (χ0v) is 17.6. The molecule has 1 aromatic heterocycles. The highest BCUT2D eigenvalue weighted by Crippen LogP contribution is 2.30. The number of hydrogen-bond acceptors (Lipinski definition) is 5. The van der Waals surface area contributed by atoms with Gasteiger partial charge in [0.25, 0.3) is 0 Å². The fraction of sp³-hybridized carbons (Fsp3) is 0.348. The van der Waals surface area contributed by atoms with Crippen LogP contribution in [0.4, 0.5) is 14.6 Å². The lowest BCUT2D eigenvalue weighted by Crippen LogP contribution is -2.52. The van der Waals surface area contributed by atoms with Crippen molar-refractivity contribution in [2.45, 2.75) is 44.3 Å². The van der Waals surface area contributed by atoms with E-state index >= 15 is 0 Å². The Morgan fingerprint density at radius 3 is 2.84 bits per heavy atom. The third-order valence-corrected chi connectivity index (χ3v) is 5.85. The standard InChI is InChI=1S/C23H25F2N5O2/c1-12(22(31)30-18-7-6-17-15(18)5-8-20(26)29-17)28-23(32)19-11-13(9-10-27-19)14-3-2-4-16(24)21(14)25/h2-5,8,11-12,18-19,27H,6-7,9-10H2,1H3,(H2,26,29)(H,28,32)(H,30,31). The molecule has 2 heterocycles. The molecule has 0 fully saturated rings. The summed E-state index contributed by atoms with van der Waals surface area (Å²) in [6.07, 6.45) is 3.47. The number of aromatic nitrogens is 1. The average Bonchev–Trinajstić information content (AvgIpc) is 3.17.